The van der Waals surface area contributed by atoms with Crippen LogP contribution < -0.4 is 4.90 Å². The van der Waals surface area contributed by atoms with Crippen molar-refractivity contribution in [1.82, 2.24) is 4.98 Å². The molecule has 0 saturated carbocycles. The first-order valence-electron chi connectivity index (χ1n) is 6.92. The van der Waals surface area contributed by atoms with Gasteiger partial charge in [0.1, 0.15) is 18.2 Å². The molecule has 118 valence electrons. The zero-order valence-corrected chi connectivity index (χ0v) is 12.7. The number of anilines is 1. The average molecular weight is 335 g/mol. The molecule has 1 aliphatic rings. The molecule has 7 heteroatoms. The lowest BCUT2D eigenvalue weighted by molar-refractivity contribution is -0.136. The number of carboxylic acids is 1. The van der Waals surface area contributed by atoms with E-state index in [0.29, 0.717) is 17.8 Å². The van der Waals surface area contributed by atoms with Crippen molar-refractivity contribution in [2.45, 2.75) is 12.8 Å². The van der Waals surface area contributed by atoms with E-state index in [1.807, 2.05) is 6.07 Å². The molecule has 3 rings (SSSR count). The Balaban J connectivity index is 2.00. The Hall–Kier alpha value is -2.47. The fraction of sp³-hybridized carbons (Fsp3) is 0.188. The summed E-state index contributed by atoms with van der Waals surface area (Å²) < 4.78 is 13.3. The highest BCUT2D eigenvalue weighted by molar-refractivity contribution is 6.31. The zero-order chi connectivity index (χ0) is 16.6. The zero-order valence-electron chi connectivity index (χ0n) is 11.9. The third-order valence-corrected chi connectivity index (χ3v) is 3.94. The molecule has 5 nitrogen and oxygen atoms in total. The van der Waals surface area contributed by atoms with Gasteiger partial charge in [0.2, 0.25) is 5.91 Å². The number of amides is 1. The number of fused-ring (bicyclic) bond motifs is 1. The van der Waals surface area contributed by atoms with Gasteiger partial charge in [-0.1, -0.05) is 17.7 Å². The maximum Gasteiger partial charge on any atom is 0.323 e. The molecule has 23 heavy (non-hydrogen) atoms. The van der Waals surface area contributed by atoms with E-state index in [-0.39, 0.29) is 17.4 Å². The van der Waals surface area contributed by atoms with E-state index in [4.69, 9.17) is 16.7 Å². The number of halogens is 2. The Kier molecular flexibility index (Phi) is 4.00. The van der Waals surface area contributed by atoms with Crippen LogP contribution in [0.4, 0.5) is 10.2 Å². The number of benzene rings is 1. The number of rotatable bonds is 3. The molecule has 1 aliphatic heterocycles. The molecule has 1 N–H and O–H groups in total. The van der Waals surface area contributed by atoms with E-state index in [1.54, 1.807) is 6.07 Å². The topological polar surface area (TPSA) is 70.5 Å². The van der Waals surface area contributed by atoms with Crippen molar-refractivity contribution in [1.29, 1.82) is 0 Å². The van der Waals surface area contributed by atoms with E-state index in [0.717, 1.165) is 11.1 Å². The van der Waals surface area contributed by atoms with Crippen LogP contribution in [0, 0.1) is 5.82 Å². The van der Waals surface area contributed by atoms with Gasteiger partial charge >= 0.3 is 5.97 Å². The predicted octanol–water partition coefficient (Wildman–Crippen LogP) is 2.90. The lowest BCUT2D eigenvalue weighted by Gasteiger charge is -2.27. The summed E-state index contributed by atoms with van der Waals surface area (Å²) in [7, 11) is 0. The first-order valence-corrected chi connectivity index (χ1v) is 7.30. The van der Waals surface area contributed by atoms with Crippen molar-refractivity contribution in [3.8, 4) is 11.1 Å². The van der Waals surface area contributed by atoms with Gasteiger partial charge in [-0.3, -0.25) is 14.5 Å². The number of carboxylic acid groups (broad SMARTS) is 1. The number of aryl methyl sites for hydroxylation is 1. The third-order valence-electron chi connectivity index (χ3n) is 3.65. The molecule has 0 bridgehead atoms. The normalized spacial score (nSPS) is 13.8. The number of nitrogens with zero attached hydrogens (tertiary/aromatic N) is 2. The minimum atomic E-state index is -1.10. The lowest BCUT2D eigenvalue weighted by atomic mass is 10.00. The van der Waals surface area contributed by atoms with Crippen LogP contribution in [0.1, 0.15) is 12.0 Å². The van der Waals surface area contributed by atoms with E-state index in [1.165, 1.54) is 23.2 Å². The van der Waals surface area contributed by atoms with Gasteiger partial charge in [-0.2, -0.15) is 0 Å². The molecule has 1 amide bonds. The maximum atomic E-state index is 13.3. The fourth-order valence-corrected chi connectivity index (χ4v) is 2.74. The number of carbonyl (C=O) groups is 2. The lowest BCUT2D eigenvalue weighted by Crippen LogP contribution is -2.39. The van der Waals surface area contributed by atoms with Crippen LogP contribution in [0.15, 0.2) is 30.5 Å². The summed E-state index contributed by atoms with van der Waals surface area (Å²) in [6.07, 6.45) is 2.24. The largest absolute Gasteiger partial charge is 0.480 e. The Morgan fingerprint density at radius 1 is 1.30 bits per heavy atom. The summed E-state index contributed by atoms with van der Waals surface area (Å²) in [5.41, 5.74) is 2.22. The van der Waals surface area contributed by atoms with Crippen molar-refractivity contribution in [2.24, 2.45) is 0 Å². The van der Waals surface area contributed by atoms with Gasteiger partial charge < -0.3 is 5.11 Å². The molecular formula is C16H12ClFN2O3. The Morgan fingerprint density at radius 2 is 2.09 bits per heavy atom. The van der Waals surface area contributed by atoms with Crippen LogP contribution in [0.25, 0.3) is 11.1 Å². The summed E-state index contributed by atoms with van der Waals surface area (Å²) in [4.78, 5) is 28.2. The summed E-state index contributed by atoms with van der Waals surface area (Å²) in [5, 5.41) is 8.94. The van der Waals surface area contributed by atoms with Crippen LogP contribution in [0.3, 0.4) is 0 Å². The first kappa shape index (κ1) is 15.4. The minimum absolute atomic E-state index is 0.0166. The average Bonchev–Trinajstić information content (AvgIpc) is 2.52. The molecule has 2 aromatic rings. The second-order valence-corrected chi connectivity index (χ2v) is 5.62. The van der Waals surface area contributed by atoms with Crippen LogP contribution in [0.5, 0.6) is 0 Å². The molecule has 0 unspecified atom stereocenters. The highest BCUT2D eigenvalue weighted by atomic mass is 35.5. The fourth-order valence-electron chi connectivity index (χ4n) is 2.56. The summed E-state index contributed by atoms with van der Waals surface area (Å²) in [6.45, 7) is -0.416. The second kappa shape index (κ2) is 5.96. The number of carbonyl (C=O) groups excluding carboxylic acids is 1. The van der Waals surface area contributed by atoms with Crippen molar-refractivity contribution in [2.75, 3.05) is 11.4 Å². The van der Waals surface area contributed by atoms with Crippen LogP contribution in [0.2, 0.25) is 5.02 Å². The molecule has 0 radical (unpaired) electrons. The van der Waals surface area contributed by atoms with E-state index < -0.39 is 18.3 Å². The standard InChI is InChI=1S/C16H12ClFN2O3/c17-12-6-9(1-3-13(12)18)11-5-10-2-4-14(21)20(8-15(22)23)16(10)19-7-11/h1,3,5-7H,2,4,8H2,(H,22,23). The molecule has 0 spiro atoms. The van der Waals surface area contributed by atoms with Crippen molar-refractivity contribution in [3.63, 3.8) is 0 Å². The SMILES string of the molecule is O=C(O)CN1C(=O)CCc2cc(-c3ccc(F)c(Cl)c3)cnc21. The molecular weight excluding hydrogens is 323 g/mol. The molecule has 1 aromatic heterocycles. The summed E-state index contributed by atoms with van der Waals surface area (Å²) in [5.74, 6) is -1.49. The van der Waals surface area contributed by atoms with E-state index in [9.17, 15) is 14.0 Å². The van der Waals surface area contributed by atoms with Crippen LogP contribution in [-0.4, -0.2) is 28.5 Å². The van der Waals surface area contributed by atoms with Crippen molar-refractivity contribution in [3.05, 3.63) is 46.9 Å². The molecule has 0 atom stereocenters. The van der Waals surface area contributed by atoms with Gasteiger partial charge in [0.15, 0.2) is 0 Å². The Bertz CT molecular complexity index is 810. The molecule has 0 aliphatic carbocycles. The number of aromatic nitrogens is 1. The highest BCUT2D eigenvalue weighted by Gasteiger charge is 2.27. The van der Waals surface area contributed by atoms with Gasteiger partial charge in [0.05, 0.1) is 5.02 Å². The molecule has 1 aromatic carbocycles. The Morgan fingerprint density at radius 3 is 2.78 bits per heavy atom. The van der Waals surface area contributed by atoms with Crippen LogP contribution >= 0.6 is 11.6 Å². The third kappa shape index (κ3) is 3.03. The summed E-state index contributed by atoms with van der Waals surface area (Å²) in [6, 6.07) is 6.20. The quantitative estimate of drug-likeness (QED) is 0.937. The first-order chi connectivity index (χ1) is 11.0. The van der Waals surface area contributed by atoms with Gasteiger partial charge in [-0.15, -0.1) is 0 Å². The van der Waals surface area contributed by atoms with Crippen LogP contribution in [-0.2, 0) is 16.0 Å². The molecule has 2 heterocycles. The van der Waals surface area contributed by atoms with E-state index >= 15 is 0 Å². The van der Waals surface area contributed by atoms with Gasteiger partial charge in [-0.25, -0.2) is 9.37 Å². The highest BCUT2D eigenvalue weighted by Crippen LogP contribution is 2.31. The summed E-state index contributed by atoms with van der Waals surface area (Å²) >= 11 is 5.79. The molecule has 0 fully saturated rings. The molecule has 0 saturated heterocycles. The number of hydrogen-bond donors (Lipinski definition) is 1. The van der Waals surface area contributed by atoms with Gasteiger partial charge in [0, 0.05) is 18.2 Å². The minimum Gasteiger partial charge on any atom is -0.480 e. The van der Waals surface area contributed by atoms with Crippen molar-refractivity contribution >= 4 is 29.3 Å². The number of hydrogen-bond acceptors (Lipinski definition) is 3. The smallest absolute Gasteiger partial charge is 0.323 e. The Labute approximate surface area is 136 Å². The number of aliphatic carboxylic acids is 1. The van der Waals surface area contributed by atoms with E-state index in [2.05, 4.69) is 4.98 Å². The van der Waals surface area contributed by atoms with Crippen molar-refractivity contribution < 1.29 is 19.1 Å². The van der Waals surface area contributed by atoms with Gasteiger partial charge in [-0.05, 0) is 35.7 Å². The number of pyridine rings is 1. The maximum absolute atomic E-state index is 13.3. The second-order valence-electron chi connectivity index (χ2n) is 5.21. The predicted molar refractivity (Wildman–Crippen MR) is 83.0 cm³/mol. The van der Waals surface area contributed by atoms with Gasteiger partial charge in [0.25, 0.3) is 0 Å². The monoisotopic (exact) mass is 334 g/mol.